The number of amidine groups is 1. The molecule has 0 radical (unpaired) electrons. The van der Waals surface area contributed by atoms with Gasteiger partial charge in [-0.25, -0.2) is 0 Å². The van der Waals surface area contributed by atoms with Gasteiger partial charge in [-0.05, 0) is 38.0 Å². The molecular weight excluding hydrogens is 226 g/mol. The Bertz CT molecular complexity index is 247. The molecule has 0 heterocycles. The lowest BCUT2D eigenvalue weighted by Crippen LogP contribution is -2.42. The fraction of sp³-hybridized carbons (Fsp3) is 0.929. The van der Waals surface area contributed by atoms with Gasteiger partial charge in [-0.1, -0.05) is 31.8 Å². The fourth-order valence-corrected chi connectivity index (χ4v) is 2.97. The molecule has 0 amide bonds. The quantitative estimate of drug-likeness (QED) is 0.283. The summed E-state index contributed by atoms with van der Waals surface area (Å²) in [7, 11) is 0. The monoisotopic (exact) mass is 255 g/mol. The lowest BCUT2D eigenvalue weighted by Gasteiger charge is -2.31. The smallest absolute Gasteiger partial charge is 0.140 e. The van der Waals surface area contributed by atoms with E-state index < -0.39 is 0 Å². The lowest BCUT2D eigenvalue weighted by atomic mass is 9.83. The molecule has 0 spiro atoms. The number of oxime groups is 1. The summed E-state index contributed by atoms with van der Waals surface area (Å²) in [5.41, 5.74) is 5.58. The number of rotatable bonds is 7. The third-order valence-electron chi connectivity index (χ3n) is 4.09. The van der Waals surface area contributed by atoms with Crippen LogP contribution >= 0.6 is 0 Å². The van der Waals surface area contributed by atoms with Gasteiger partial charge in [0.1, 0.15) is 5.84 Å². The second-order valence-electron chi connectivity index (χ2n) is 5.57. The van der Waals surface area contributed by atoms with Crippen molar-refractivity contribution in [3.63, 3.8) is 0 Å². The molecule has 4 nitrogen and oxygen atoms in total. The molecule has 0 aromatic carbocycles. The Morgan fingerprint density at radius 3 is 2.50 bits per heavy atom. The van der Waals surface area contributed by atoms with Crippen molar-refractivity contribution < 1.29 is 5.21 Å². The van der Waals surface area contributed by atoms with Gasteiger partial charge in [-0.3, -0.25) is 0 Å². The summed E-state index contributed by atoms with van der Waals surface area (Å²) in [4.78, 5) is 0. The van der Waals surface area contributed by atoms with Gasteiger partial charge in [0.2, 0.25) is 0 Å². The summed E-state index contributed by atoms with van der Waals surface area (Å²) in [5.74, 6) is 1.27. The van der Waals surface area contributed by atoms with Crippen LogP contribution in [0.3, 0.4) is 0 Å². The highest BCUT2D eigenvalue weighted by Gasteiger charge is 2.22. The van der Waals surface area contributed by atoms with E-state index in [9.17, 15) is 0 Å². The number of nitrogens with one attached hydrogen (secondary N) is 1. The normalized spacial score (nSPS) is 27.1. The van der Waals surface area contributed by atoms with Gasteiger partial charge in [0.05, 0.1) is 0 Å². The van der Waals surface area contributed by atoms with Gasteiger partial charge in [-0.2, -0.15) is 0 Å². The highest BCUT2D eigenvalue weighted by atomic mass is 16.4. The molecule has 0 saturated heterocycles. The zero-order valence-electron chi connectivity index (χ0n) is 11.9. The van der Waals surface area contributed by atoms with Crippen LogP contribution in [-0.4, -0.2) is 23.1 Å². The minimum absolute atomic E-state index is 0.328. The van der Waals surface area contributed by atoms with Crippen LogP contribution in [0.25, 0.3) is 0 Å². The maximum absolute atomic E-state index is 8.61. The van der Waals surface area contributed by atoms with Crippen molar-refractivity contribution in [2.24, 2.45) is 16.8 Å². The van der Waals surface area contributed by atoms with Crippen LogP contribution in [-0.2, 0) is 0 Å². The average molecular weight is 255 g/mol. The Balaban J connectivity index is 2.29. The minimum atomic E-state index is 0.328. The van der Waals surface area contributed by atoms with Gasteiger partial charge < -0.3 is 16.3 Å². The summed E-state index contributed by atoms with van der Waals surface area (Å²) >= 11 is 0. The topological polar surface area (TPSA) is 70.6 Å². The van der Waals surface area contributed by atoms with Crippen LogP contribution in [0.4, 0.5) is 0 Å². The van der Waals surface area contributed by atoms with Crippen LogP contribution in [0.1, 0.15) is 65.2 Å². The number of nitrogens with zero attached hydrogens (tertiary/aromatic N) is 1. The first-order chi connectivity index (χ1) is 8.69. The van der Waals surface area contributed by atoms with Crippen LogP contribution in [0.15, 0.2) is 5.16 Å². The molecule has 1 fully saturated rings. The molecule has 106 valence electrons. The Kier molecular flexibility index (Phi) is 7.09. The standard InChI is InChI=1S/C14H29N3O/c1-3-5-11-6-8-13(9-7-11)16-12(4-2)10-14(15)17-18/h11-13,16,18H,3-10H2,1-2H3,(H2,15,17). The molecule has 1 rings (SSSR count). The van der Waals surface area contributed by atoms with E-state index >= 15 is 0 Å². The maximum Gasteiger partial charge on any atom is 0.140 e. The van der Waals surface area contributed by atoms with Crippen molar-refractivity contribution in [3.05, 3.63) is 0 Å². The Hall–Kier alpha value is -0.770. The van der Waals surface area contributed by atoms with Gasteiger partial charge in [0.15, 0.2) is 0 Å². The van der Waals surface area contributed by atoms with E-state index in [1.807, 2.05) is 0 Å². The summed E-state index contributed by atoms with van der Waals surface area (Å²) in [6.07, 6.45) is 9.61. The maximum atomic E-state index is 8.61. The van der Waals surface area contributed by atoms with Crippen molar-refractivity contribution in [2.75, 3.05) is 0 Å². The van der Waals surface area contributed by atoms with Crippen molar-refractivity contribution in [3.8, 4) is 0 Å². The zero-order valence-corrected chi connectivity index (χ0v) is 11.9. The number of hydrogen-bond donors (Lipinski definition) is 3. The molecule has 18 heavy (non-hydrogen) atoms. The summed E-state index contributed by atoms with van der Waals surface area (Å²) in [6.45, 7) is 4.42. The van der Waals surface area contributed by atoms with Gasteiger partial charge in [-0.15, -0.1) is 0 Å². The van der Waals surface area contributed by atoms with Gasteiger partial charge in [0, 0.05) is 18.5 Å². The third-order valence-corrected chi connectivity index (χ3v) is 4.09. The lowest BCUT2D eigenvalue weighted by molar-refractivity contribution is 0.260. The Morgan fingerprint density at radius 2 is 2.00 bits per heavy atom. The summed E-state index contributed by atoms with van der Waals surface area (Å²) in [5, 5.41) is 15.3. The van der Waals surface area contributed by atoms with E-state index in [4.69, 9.17) is 10.9 Å². The Morgan fingerprint density at radius 1 is 1.33 bits per heavy atom. The predicted octanol–water partition coefficient (Wildman–Crippen LogP) is 2.85. The number of nitrogens with two attached hydrogens (primary N) is 1. The van der Waals surface area contributed by atoms with Crippen molar-refractivity contribution in [2.45, 2.75) is 77.3 Å². The van der Waals surface area contributed by atoms with E-state index in [-0.39, 0.29) is 0 Å². The van der Waals surface area contributed by atoms with Gasteiger partial charge >= 0.3 is 0 Å². The first kappa shape index (κ1) is 15.3. The molecule has 1 unspecified atom stereocenters. The molecule has 1 aliphatic carbocycles. The highest BCUT2D eigenvalue weighted by Crippen LogP contribution is 2.28. The molecule has 0 aliphatic heterocycles. The molecule has 0 bridgehead atoms. The summed E-state index contributed by atoms with van der Waals surface area (Å²) < 4.78 is 0. The molecule has 1 aliphatic rings. The molecule has 4 N–H and O–H groups in total. The molecule has 4 heteroatoms. The summed E-state index contributed by atoms with van der Waals surface area (Å²) in [6, 6.07) is 0.961. The van der Waals surface area contributed by atoms with Crippen LogP contribution in [0.5, 0.6) is 0 Å². The average Bonchev–Trinajstić information content (AvgIpc) is 2.40. The van der Waals surface area contributed by atoms with E-state index in [0.29, 0.717) is 24.3 Å². The SMILES string of the molecule is CCCC1CCC(NC(CC)C/C(N)=N/O)CC1. The first-order valence-electron chi connectivity index (χ1n) is 7.42. The van der Waals surface area contributed by atoms with E-state index in [0.717, 1.165) is 12.3 Å². The van der Waals surface area contributed by atoms with E-state index in [1.54, 1.807) is 0 Å². The van der Waals surface area contributed by atoms with Gasteiger partial charge in [0.25, 0.3) is 0 Å². The largest absolute Gasteiger partial charge is 0.409 e. The van der Waals surface area contributed by atoms with E-state index in [2.05, 4.69) is 24.3 Å². The predicted molar refractivity (Wildman–Crippen MR) is 75.9 cm³/mol. The zero-order chi connectivity index (χ0) is 13.4. The van der Waals surface area contributed by atoms with Crippen molar-refractivity contribution in [1.29, 1.82) is 0 Å². The molecular formula is C14H29N3O. The van der Waals surface area contributed by atoms with Crippen LogP contribution < -0.4 is 11.1 Å². The molecule has 0 aromatic rings. The minimum Gasteiger partial charge on any atom is -0.409 e. The second-order valence-corrected chi connectivity index (χ2v) is 5.57. The molecule has 0 aromatic heterocycles. The highest BCUT2D eigenvalue weighted by molar-refractivity contribution is 5.80. The third kappa shape index (κ3) is 5.25. The second kappa shape index (κ2) is 8.35. The molecule has 1 atom stereocenters. The van der Waals surface area contributed by atoms with Crippen molar-refractivity contribution in [1.82, 2.24) is 5.32 Å². The first-order valence-corrected chi connectivity index (χ1v) is 7.42. The Labute approximate surface area is 111 Å². The molecule has 1 saturated carbocycles. The van der Waals surface area contributed by atoms with Crippen LogP contribution in [0.2, 0.25) is 0 Å². The van der Waals surface area contributed by atoms with Crippen molar-refractivity contribution >= 4 is 5.84 Å². The van der Waals surface area contributed by atoms with Crippen LogP contribution in [0, 0.1) is 5.92 Å². The van der Waals surface area contributed by atoms with E-state index in [1.165, 1.54) is 38.5 Å². The fourth-order valence-electron chi connectivity index (χ4n) is 2.97. The number of hydrogen-bond acceptors (Lipinski definition) is 3.